The van der Waals surface area contributed by atoms with Crippen molar-refractivity contribution in [3.05, 3.63) is 84.1 Å². The lowest BCUT2D eigenvalue weighted by atomic mass is 10.0. The van der Waals surface area contributed by atoms with Gasteiger partial charge in [0.2, 0.25) is 0 Å². The molecule has 1 aromatic carbocycles. The molecular formula is C31H30N8O2. The Bertz CT molecular complexity index is 1710. The van der Waals surface area contributed by atoms with Gasteiger partial charge in [-0.15, -0.1) is 0 Å². The topological polar surface area (TPSA) is 142 Å². The molecule has 1 saturated carbocycles. The summed E-state index contributed by atoms with van der Waals surface area (Å²) in [4.78, 5) is 41.7. The van der Waals surface area contributed by atoms with Crippen LogP contribution < -0.4 is 11.1 Å². The number of hydrogen-bond donors (Lipinski definition) is 2. The molecule has 206 valence electrons. The molecule has 1 aliphatic carbocycles. The van der Waals surface area contributed by atoms with Gasteiger partial charge < -0.3 is 16.0 Å². The zero-order valence-corrected chi connectivity index (χ0v) is 22.9. The molecule has 1 spiro atoms. The third-order valence-electron chi connectivity index (χ3n) is 7.81. The lowest BCUT2D eigenvalue weighted by molar-refractivity contribution is -0.128. The van der Waals surface area contributed by atoms with Crippen molar-refractivity contribution >= 4 is 29.0 Å². The van der Waals surface area contributed by atoms with Crippen LogP contribution in [-0.4, -0.2) is 42.6 Å². The first-order valence-corrected chi connectivity index (χ1v) is 13.7. The summed E-state index contributed by atoms with van der Waals surface area (Å²) in [7, 11) is 0. The Morgan fingerprint density at radius 3 is 2.59 bits per heavy atom. The van der Waals surface area contributed by atoms with Crippen molar-refractivity contribution in [3.8, 4) is 17.3 Å². The van der Waals surface area contributed by atoms with Gasteiger partial charge in [-0.3, -0.25) is 14.0 Å². The summed E-state index contributed by atoms with van der Waals surface area (Å²) in [6.07, 6.45) is 9.63. The van der Waals surface area contributed by atoms with Crippen LogP contribution in [-0.2, 0) is 4.79 Å². The second-order valence-corrected chi connectivity index (χ2v) is 11.2. The van der Waals surface area contributed by atoms with Crippen molar-refractivity contribution in [1.82, 2.24) is 24.3 Å². The van der Waals surface area contributed by atoms with Crippen LogP contribution in [0, 0.1) is 22.7 Å². The molecule has 2 fully saturated rings. The fourth-order valence-corrected chi connectivity index (χ4v) is 5.61. The molecule has 4 heterocycles. The van der Waals surface area contributed by atoms with Gasteiger partial charge in [0.15, 0.2) is 0 Å². The number of nitrogens with two attached hydrogens (primary N) is 1. The molecular weight excluding hydrogens is 516 g/mol. The molecule has 2 amide bonds. The summed E-state index contributed by atoms with van der Waals surface area (Å²) in [6.45, 7) is 4.50. The molecule has 0 radical (unpaired) electrons. The summed E-state index contributed by atoms with van der Waals surface area (Å²) >= 11 is 0. The highest BCUT2D eigenvalue weighted by molar-refractivity contribution is 6.04. The molecule has 41 heavy (non-hydrogen) atoms. The van der Waals surface area contributed by atoms with E-state index >= 15 is 0 Å². The number of allylic oxidation sites excluding steroid dienone is 1. The summed E-state index contributed by atoms with van der Waals surface area (Å²) in [5, 5.41) is 12.6. The van der Waals surface area contributed by atoms with Crippen molar-refractivity contribution in [3.63, 3.8) is 0 Å². The van der Waals surface area contributed by atoms with E-state index in [0.29, 0.717) is 40.8 Å². The maximum absolute atomic E-state index is 13.6. The molecule has 1 aliphatic heterocycles. The fraction of sp³-hybridized carbons (Fsp3) is 0.290. The minimum atomic E-state index is -0.319. The molecule has 0 bridgehead atoms. The first kappa shape index (κ1) is 26.2. The Balaban J connectivity index is 1.37. The van der Waals surface area contributed by atoms with E-state index < -0.39 is 0 Å². The average molecular weight is 547 g/mol. The number of nitrogens with one attached hydrogen (secondary N) is 1. The van der Waals surface area contributed by atoms with Gasteiger partial charge in [-0.1, -0.05) is 38.1 Å². The van der Waals surface area contributed by atoms with E-state index in [1.165, 1.54) is 0 Å². The van der Waals surface area contributed by atoms with E-state index in [4.69, 9.17) is 10.7 Å². The summed E-state index contributed by atoms with van der Waals surface area (Å²) in [5.74, 6) is 0.996. The van der Waals surface area contributed by atoms with Crippen molar-refractivity contribution in [1.29, 1.82) is 5.26 Å². The summed E-state index contributed by atoms with van der Waals surface area (Å²) < 4.78 is 1.91. The number of benzene rings is 1. The summed E-state index contributed by atoms with van der Waals surface area (Å²) in [6, 6.07) is 14.2. The van der Waals surface area contributed by atoms with Gasteiger partial charge in [0, 0.05) is 36.3 Å². The van der Waals surface area contributed by atoms with Crippen LogP contribution in [0.1, 0.15) is 55.3 Å². The van der Waals surface area contributed by atoms with Crippen LogP contribution in [0.3, 0.4) is 0 Å². The third-order valence-corrected chi connectivity index (χ3v) is 7.81. The van der Waals surface area contributed by atoms with E-state index in [-0.39, 0.29) is 34.8 Å². The van der Waals surface area contributed by atoms with Crippen LogP contribution in [0.25, 0.3) is 16.8 Å². The minimum Gasteiger partial charge on any atom is -0.382 e. The number of amides is 2. The van der Waals surface area contributed by atoms with Crippen LogP contribution in [0.5, 0.6) is 0 Å². The van der Waals surface area contributed by atoms with Gasteiger partial charge in [-0.05, 0) is 54.9 Å². The quantitative estimate of drug-likeness (QED) is 0.262. The van der Waals surface area contributed by atoms with Crippen LogP contribution in [0.15, 0.2) is 72.7 Å². The standard InChI is InChI=1S/C31H30N8O2/c1-19(2)15-22(17-32)30(41)39-18-31(10-11-31)16-23(39)28-37-25(26-27(33)35-13-14-38(26)28)20-6-8-21(9-7-20)29(40)36-24-5-3-4-12-34-24/h3-9,12-15,19,23H,10-11,16,18H2,1-2H3,(H2,33,35)(H,34,36,40)/b22-15-/t23-/m0/s1. The molecule has 3 aromatic heterocycles. The Labute approximate surface area is 237 Å². The highest BCUT2D eigenvalue weighted by Crippen LogP contribution is 2.58. The van der Waals surface area contributed by atoms with Gasteiger partial charge >= 0.3 is 0 Å². The lowest BCUT2D eigenvalue weighted by Crippen LogP contribution is -2.33. The largest absolute Gasteiger partial charge is 0.382 e. The van der Waals surface area contributed by atoms with Gasteiger partial charge in [0.05, 0.1) is 6.04 Å². The zero-order valence-electron chi connectivity index (χ0n) is 22.9. The normalized spacial score (nSPS) is 17.7. The van der Waals surface area contributed by atoms with Crippen LogP contribution in [0.4, 0.5) is 11.6 Å². The average Bonchev–Trinajstić information content (AvgIpc) is 3.45. The second-order valence-electron chi connectivity index (χ2n) is 11.2. The van der Waals surface area contributed by atoms with Crippen molar-refractivity contribution in [2.45, 2.75) is 39.2 Å². The van der Waals surface area contributed by atoms with Gasteiger partial charge in [-0.25, -0.2) is 15.0 Å². The smallest absolute Gasteiger partial charge is 0.264 e. The van der Waals surface area contributed by atoms with Crippen molar-refractivity contribution in [2.75, 3.05) is 17.6 Å². The molecule has 10 nitrogen and oxygen atoms in total. The number of likely N-dealkylation sites (tertiary alicyclic amines) is 1. The first-order valence-electron chi connectivity index (χ1n) is 13.7. The van der Waals surface area contributed by atoms with E-state index in [0.717, 1.165) is 24.8 Å². The number of imidazole rings is 1. The van der Waals surface area contributed by atoms with Crippen molar-refractivity contribution < 1.29 is 9.59 Å². The zero-order chi connectivity index (χ0) is 28.7. The number of anilines is 2. The molecule has 10 heteroatoms. The molecule has 6 rings (SSSR count). The number of fused-ring (bicyclic) bond motifs is 1. The highest BCUT2D eigenvalue weighted by Gasteiger charge is 2.55. The van der Waals surface area contributed by atoms with Gasteiger partial charge in [0.1, 0.15) is 40.3 Å². The number of hydrogen-bond acceptors (Lipinski definition) is 7. The molecule has 0 unspecified atom stereocenters. The van der Waals surface area contributed by atoms with E-state index in [9.17, 15) is 14.9 Å². The SMILES string of the molecule is CC(C)/C=C(/C#N)C(=O)N1CC2(CC2)C[C@H]1c1nc(-c2ccc(C(=O)Nc3ccccn3)cc2)c2c(N)nccn12. The van der Waals surface area contributed by atoms with Crippen LogP contribution >= 0.6 is 0 Å². The predicted octanol–water partition coefficient (Wildman–Crippen LogP) is 4.79. The Hall–Kier alpha value is -5.04. The Morgan fingerprint density at radius 2 is 1.93 bits per heavy atom. The first-order chi connectivity index (χ1) is 19.8. The van der Waals surface area contributed by atoms with Crippen LogP contribution in [0.2, 0.25) is 0 Å². The van der Waals surface area contributed by atoms with E-state index in [1.807, 2.05) is 41.5 Å². The minimum absolute atomic E-state index is 0.0614. The second kappa shape index (κ2) is 10.2. The molecule has 4 aromatic rings. The number of pyridine rings is 1. The molecule has 2 aliphatic rings. The number of rotatable bonds is 6. The Morgan fingerprint density at radius 1 is 1.15 bits per heavy atom. The predicted molar refractivity (Wildman–Crippen MR) is 154 cm³/mol. The molecule has 1 atom stereocenters. The van der Waals surface area contributed by atoms with E-state index in [1.54, 1.807) is 48.8 Å². The molecule has 1 saturated heterocycles. The van der Waals surface area contributed by atoms with Crippen molar-refractivity contribution in [2.24, 2.45) is 11.3 Å². The summed E-state index contributed by atoms with van der Waals surface area (Å²) in [5.41, 5.74) is 9.08. The van der Waals surface area contributed by atoms with Gasteiger partial charge in [-0.2, -0.15) is 5.26 Å². The highest BCUT2D eigenvalue weighted by atomic mass is 16.2. The van der Waals surface area contributed by atoms with E-state index in [2.05, 4.69) is 21.4 Å². The number of nitrogens with zero attached hydrogens (tertiary/aromatic N) is 6. The number of nitrogen functional groups attached to an aromatic ring is 1. The number of aromatic nitrogens is 4. The number of carbonyl (C=O) groups is 2. The third kappa shape index (κ3) is 4.91. The maximum atomic E-state index is 13.6. The van der Waals surface area contributed by atoms with Gasteiger partial charge in [0.25, 0.3) is 11.8 Å². The monoisotopic (exact) mass is 546 g/mol. The number of nitriles is 1. The Kier molecular flexibility index (Phi) is 6.50. The number of carbonyl (C=O) groups excluding carboxylic acids is 2. The fourth-order valence-electron chi connectivity index (χ4n) is 5.61. The molecule has 3 N–H and O–H groups in total. The lowest BCUT2D eigenvalue weighted by Gasteiger charge is -2.24. The maximum Gasteiger partial charge on any atom is 0.264 e.